The maximum absolute atomic E-state index is 12.0. The van der Waals surface area contributed by atoms with E-state index in [0.717, 1.165) is 11.1 Å². The van der Waals surface area contributed by atoms with E-state index in [1.54, 1.807) is 30.6 Å². The van der Waals surface area contributed by atoms with Gasteiger partial charge in [0.25, 0.3) is 5.91 Å². The molecule has 1 aromatic heterocycles. The first-order valence-corrected chi connectivity index (χ1v) is 6.18. The third-order valence-corrected chi connectivity index (χ3v) is 2.98. The smallest absolute Gasteiger partial charge is 0.251 e. The lowest BCUT2D eigenvalue weighted by Gasteiger charge is -2.08. The number of hydrogen-bond donors (Lipinski definition) is 2. The minimum atomic E-state index is -0.203. The van der Waals surface area contributed by atoms with Gasteiger partial charge in [0.1, 0.15) is 0 Å². The molecular formula is C14H14ClN3O. The summed E-state index contributed by atoms with van der Waals surface area (Å²) in [5.74, 6) is -0.203. The Labute approximate surface area is 116 Å². The van der Waals surface area contributed by atoms with Crippen molar-refractivity contribution in [3.05, 3.63) is 58.4 Å². The van der Waals surface area contributed by atoms with Gasteiger partial charge in [-0.1, -0.05) is 11.6 Å². The van der Waals surface area contributed by atoms with Crippen LogP contribution in [0.3, 0.4) is 0 Å². The van der Waals surface area contributed by atoms with Gasteiger partial charge in [-0.25, -0.2) is 0 Å². The summed E-state index contributed by atoms with van der Waals surface area (Å²) in [6.45, 7) is 2.39. The highest BCUT2D eigenvalue weighted by molar-refractivity contribution is 6.31. The highest BCUT2D eigenvalue weighted by Gasteiger charge is 2.08. The fraction of sp³-hybridized carbons (Fsp3) is 0.143. The molecule has 1 aromatic carbocycles. The minimum Gasteiger partial charge on any atom is -0.399 e. The van der Waals surface area contributed by atoms with Gasteiger partial charge in [0, 0.05) is 35.2 Å². The van der Waals surface area contributed by atoms with Crippen LogP contribution in [0, 0.1) is 6.92 Å². The van der Waals surface area contributed by atoms with E-state index in [-0.39, 0.29) is 5.91 Å². The molecule has 0 radical (unpaired) electrons. The zero-order valence-corrected chi connectivity index (χ0v) is 11.2. The highest BCUT2D eigenvalue weighted by Crippen LogP contribution is 2.16. The monoisotopic (exact) mass is 275 g/mol. The normalized spacial score (nSPS) is 10.2. The molecule has 5 heteroatoms. The maximum Gasteiger partial charge on any atom is 0.251 e. The summed E-state index contributed by atoms with van der Waals surface area (Å²) < 4.78 is 0. The molecule has 4 nitrogen and oxygen atoms in total. The first kappa shape index (κ1) is 13.4. The Bertz CT molecular complexity index is 593. The lowest BCUT2D eigenvalue weighted by atomic mass is 10.1. The largest absolute Gasteiger partial charge is 0.399 e. The standard InChI is InChI=1S/C14H14ClN3O/c1-9-7-17-3-2-10(9)8-18-14(19)11-4-12(15)6-13(16)5-11/h2-7H,8,16H2,1H3,(H,18,19). The van der Waals surface area contributed by atoms with Crippen LogP contribution in [-0.4, -0.2) is 10.9 Å². The highest BCUT2D eigenvalue weighted by atomic mass is 35.5. The summed E-state index contributed by atoms with van der Waals surface area (Å²) in [5.41, 5.74) is 8.64. The Morgan fingerprint density at radius 3 is 2.89 bits per heavy atom. The van der Waals surface area contributed by atoms with Crippen LogP contribution in [0.4, 0.5) is 5.69 Å². The molecule has 1 amide bonds. The van der Waals surface area contributed by atoms with E-state index < -0.39 is 0 Å². The van der Waals surface area contributed by atoms with Gasteiger partial charge in [-0.3, -0.25) is 9.78 Å². The predicted octanol–water partition coefficient (Wildman–Crippen LogP) is 2.56. The number of benzene rings is 1. The zero-order valence-electron chi connectivity index (χ0n) is 10.5. The molecule has 0 aliphatic rings. The number of aromatic nitrogens is 1. The van der Waals surface area contributed by atoms with Crippen LogP contribution in [-0.2, 0) is 6.54 Å². The molecule has 0 unspecified atom stereocenters. The van der Waals surface area contributed by atoms with Gasteiger partial charge >= 0.3 is 0 Å². The number of hydrogen-bond acceptors (Lipinski definition) is 3. The number of nitrogen functional groups attached to an aromatic ring is 1. The number of anilines is 1. The second kappa shape index (κ2) is 5.71. The molecule has 2 aromatic rings. The van der Waals surface area contributed by atoms with E-state index in [0.29, 0.717) is 22.8 Å². The van der Waals surface area contributed by atoms with Crippen LogP contribution < -0.4 is 11.1 Å². The van der Waals surface area contributed by atoms with E-state index in [2.05, 4.69) is 10.3 Å². The van der Waals surface area contributed by atoms with Crippen molar-refractivity contribution < 1.29 is 4.79 Å². The van der Waals surface area contributed by atoms with Gasteiger partial charge in [-0.2, -0.15) is 0 Å². The van der Waals surface area contributed by atoms with Crippen LogP contribution in [0.15, 0.2) is 36.7 Å². The average Bonchev–Trinajstić information content (AvgIpc) is 2.36. The molecule has 0 bridgehead atoms. The first-order chi connectivity index (χ1) is 9.06. The third-order valence-electron chi connectivity index (χ3n) is 2.76. The van der Waals surface area contributed by atoms with Crippen LogP contribution in [0.1, 0.15) is 21.5 Å². The van der Waals surface area contributed by atoms with Gasteiger partial charge in [0.2, 0.25) is 0 Å². The number of carbonyl (C=O) groups excluding carboxylic acids is 1. The van der Waals surface area contributed by atoms with Crippen molar-refractivity contribution in [3.8, 4) is 0 Å². The van der Waals surface area contributed by atoms with Crippen LogP contribution in [0.2, 0.25) is 5.02 Å². The van der Waals surface area contributed by atoms with E-state index >= 15 is 0 Å². The molecule has 1 heterocycles. The predicted molar refractivity (Wildman–Crippen MR) is 76.0 cm³/mol. The topological polar surface area (TPSA) is 68.0 Å². The second-order valence-corrected chi connectivity index (χ2v) is 4.69. The van der Waals surface area contributed by atoms with Crippen molar-refractivity contribution in [2.75, 3.05) is 5.73 Å². The SMILES string of the molecule is Cc1cnccc1CNC(=O)c1cc(N)cc(Cl)c1. The van der Waals surface area contributed by atoms with Crippen LogP contribution in [0.5, 0.6) is 0 Å². The van der Waals surface area contributed by atoms with E-state index in [1.165, 1.54) is 0 Å². The number of carbonyl (C=O) groups is 1. The molecule has 0 aliphatic heterocycles. The number of nitrogens with two attached hydrogens (primary N) is 1. The summed E-state index contributed by atoms with van der Waals surface area (Å²) in [6.07, 6.45) is 3.46. The Kier molecular flexibility index (Phi) is 4.02. The van der Waals surface area contributed by atoms with Gasteiger partial charge in [0.15, 0.2) is 0 Å². The Morgan fingerprint density at radius 1 is 1.42 bits per heavy atom. The molecule has 19 heavy (non-hydrogen) atoms. The second-order valence-electron chi connectivity index (χ2n) is 4.26. The fourth-order valence-electron chi connectivity index (χ4n) is 1.72. The van der Waals surface area contributed by atoms with E-state index in [1.807, 2.05) is 13.0 Å². The van der Waals surface area contributed by atoms with Gasteiger partial charge in [0.05, 0.1) is 0 Å². The summed E-state index contributed by atoms with van der Waals surface area (Å²) in [7, 11) is 0. The summed E-state index contributed by atoms with van der Waals surface area (Å²) in [5, 5.41) is 3.28. The molecular weight excluding hydrogens is 262 g/mol. The Hall–Kier alpha value is -2.07. The van der Waals surface area contributed by atoms with E-state index in [4.69, 9.17) is 17.3 Å². The molecule has 0 spiro atoms. The Morgan fingerprint density at radius 2 is 2.21 bits per heavy atom. The van der Waals surface area contributed by atoms with Crippen LogP contribution >= 0.6 is 11.6 Å². The van der Waals surface area contributed by atoms with Gasteiger partial charge in [-0.15, -0.1) is 0 Å². The molecule has 3 N–H and O–H groups in total. The van der Waals surface area contributed by atoms with Crippen molar-refractivity contribution >= 4 is 23.2 Å². The summed E-state index contributed by atoms with van der Waals surface area (Å²) in [4.78, 5) is 16.0. The molecule has 0 atom stereocenters. The molecule has 98 valence electrons. The number of amides is 1. The lowest BCUT2D eigenvalue weighted by molar-refractivity contribution is 0.0951. The summed E-state index contributed by atoms with van der Waals surface area (Å²) >= 11 is 5.87. The zero-order chi connectivity index (χ0) is 13.8. The number of nitrogens with one attached hydrogen (secondary N) is 1. The van der Waals surface area contributed by atoms with Crippen molar-refractivity contribution in [1.29, 1.82) is 0 Å². The lowest BCUT2D eigenvalue weighted by Crippen LogP contribution is -2.23. The minimum absolute atomic E-state index is 0.203. The fourth-order valence-corrected chi connectivity index (χ4v) is 1.97. The van der Waals surface area contributed by atoms with Crippen molar-refractivity contribution in [3.63, 3.8) is 0 Å². The maximum atomic E-state index is 12.0. The first-order valence-electron chi connectivity index (χ1n) is 5.80. The van der Waals surface area contributed by atoms with Gasteiger partial charge in [-0.05, 0) is 42.3 Å². The summed E-state index contributed by atoms with van der Waals surface area (Å²) in [6, 6.07) is 6.67. The van der Waals surface area contributed by atoms with Crippen LogP contribution in [0.25, 0.3) is 0 Å². The third kappa shape index (κ3) is 3.45. The van der Waals surface area contributed by atoms with Gasteiger partial charge < -0.3 is 11.1 Å². The number of nitrogens with zero attached hydrogens (tertiary/aromatic N) is 1. The number of rotatable bonds is 3. The molecule has 0 fully saturated rings. The average molecular weight is 276 g/mol. The number of pyridine rings is 1. The van der Waals surface area contributed by atoms with Crippen molar-refractivity contribution in [2.45, 2.75) is 13.5 Å². The Balaban J connectivity index is 2.08. The molecule has 0 saturated carbocycles. The number of aryl methyl sites for hydroxylation is 1. The van der Waals surface area contributed by atoms with Crippen molar-refractivity contribution in [1.82, 2.24) is 10.3 Å². The molecule has 0 aliphatic carbocycles. The van der Waals surface area contributed by atoms with Crippen molar-refractivity contribution in [2.24, 2.45) is 0 Å². The molecule has 2 rings (SSSR count). The number of halogens is 1. The van der Waals surface area contributed by atoms with E-state index in [9.17, 15) is 4.79 Å². The molecule has 0 saturated heterocycles. The quantitative estimate of drug-likeness (QED) is 0.846.